The van der Waals surface area contributed by atoms with Crippen LogP contribution in [0.25, 0.3) is 0 Å². The van der Waals surface area contributed by atoms with Crippen LogP contribution in [-0.2, 0) is 0 Å². The molecule has 3 heteroatoms. The Hall–Kier alpha value is -0.120. The second-order valence-corrected chi connectivity index (χ2v) is 3.86. The lowest BCUT2D eigenvalue weighted by Crippen LogP contribution is -2.23. The molecule has 0 saturated heterocycles. The largest absolute Gasteiger partial charge is 0.320 e. The Morgan fingerprint density at radius 1 is 0.667 bits per heavy atom. The van der Waals surface area contributed by atoms with Crippen molar-refractivity contribution in [3.05, 3.63) is 0 Å². The molecule has 0 radical (unpaired) electrons. The van der Waals surface area contributed by atoms with Crippen LogP contribution in [0.3, 0.4) is 0 Å². The number of hydrogen-bond acceptors (Lipinski definition) is 3. The minimum Gasteiger partial charge on any atom is -0.320 e. The van der Waals surface area contributed by atoms with E-state index >= 15 is 0 Å². The fourth-order valence-corrected chi connectivity index (χ4v) is 1.27. The molecule has 0 fully saturated rings. The van der Waals surface area contributed by atoms with Gasteiger partial charge in [0, 0.05) is 0 Å². The summed E-state index contributed by atoms with van der Waals surface area (Å²) in [5.74, 6) is 0. The van der Waals surface area contributed by atoms with Gasteiger partial charge in [-0.25, -0.2) is 0 Å². The van der Waals surface area contributed by atoms with Crippen molar-refractivity contribution >= 4 is 0 Å². The molecule has 0 aromatic rings. The van der Waals surface area contributed by atoms with Crippen LogP contribution < -0.4 is 10.6 Å². The Balaban J connectivity index is -0.0000000231. The van der Waals surface area contributed by atoms with Crippen molar-refractivity contribution < 1.29 is 0 Å². The van der Waals surface area contributed by atoms with Crippen molar-refractivity contribution in [1.29, 1.82) is 0 Å². The molecule has 0 aromatic carbocycles. The minimum atomic E-state index is 0. The van der Waals surface area contributed by atoms with E-state index in [-0.39, 0.29) is 44.6 Å². The average molecular weight is 314 g/mol. The summed E-state index contributed by atoms with van der Waals surface area (Å²) in [5, 5.41) is 6.16. The van der Waals surface area contributed by atoms with Crippen molar-refractivity contribution in [2.24, 2.45) is 0 Å². The lowest BCUT2D eigenvalue weighted by Gasteiger charge is -2.14. The second kappa shape index (κ2) is 50.2. The molecule has 0 aliphatic carbocycles. The summed E-state index contributed by atoms with van der Waals surface area (Å²) in [4.78, 5) is 2.37. The number of nitrogens with zero attached hydrogens (tertiary/aromatic N) is 1. The summed E-state index contributed by atoms with van der Waals surface area (Å²) in [5.41, 5.74) is 0. The van der Waals surface area contributed by atoms with Gasteiger partial charge < -0.3 is 15.5 Å². The van der Waals surface area contributed by atoms with E-state index < -0.39 is 0 Å². The molecule has 3 nitrogen and oxygen atoms in total. The molecule has 0 amide bonds. The Morgan fingerprint density at radius 3 is 1.33 bits per heavy atom. The van der Waals surface area contributed by atoms with Crippen molar-refractivity contribution in [2.45, 2.75) is 77.7 Å². The first-order chi connectivity index (χ1) is 7.22. The predicted octanol–water partition coefficient (Wildman–Crippen LogP) is 5.37. The van der Waals surface area contributed by atoms with E-state index in [1.165, 1.54) is 32.4 Å². The van der Waals surface area contributed by atoms with Crippen LogP contribution in [0.5, 0.6) is 0 Å². The highest BCUT2D eigenvalue weighted by molar-refractivity contribution is 4.50. The standard InChI is InChI=1S/C8H20N2.C4H11N.6CH4/c1-4-7-10(3)8-5-6-9-2;1-3-4-5-2;;;;;;/h9H,4-8H2,1-3H3;5H,3-4H2,1-2H3;6*1H4. The maximum atomic E-state index is 3.14. The molecule has 0 aromatic heterocycles. The zero-order valence-electron chi connectivity index (χ0n) is 11.4. The normalized spacial score (nSPS) is 7.14. The van der Waals surface area contributed by atoms with Crippen molar-refractivity contribution in [2.75, 3.05) is 47.3 Å². The fourth-order valence-electron chi connectivity index (χ4n) is 1.27. The summed E-state index contributed by atoms with van der Waals surface area (Å²) in [6.07, 6.45) is 3.75. The van der Waals surface area contributed by atoms with Crippen molar-refractivity contribution in [3.63, 3.8) is 0 Å². The van der Waals surface area contributed by atoms with Gasteiger partial charge in [0.05, 0.1) is 0 Å². The molecule has 0 aliphatic heterocycles. The molecular formula is C18H55N3. The van der Waals surface area contributed by atoms with Gasteiger partial charge in [0.2, 0.25) is 0 Å². The van der Waals surface area contributed by atoms with Gasteiger partial charge in [-0.1, -0.05) is 58.4 Å². The maximum Gasteiger partial charge on any atom is -0.000969 e. The summed E-state index contributed by atoms with van der Waals surface area (Å²) in [6.45, 7) is 9.08. The summed E-state index contributed by atoms with van der Waals surface area (Å²) >= 11 is 0. The van der Waals surface area contributed by atoms with E-state index in [1.807, 2.05) is 14.1 Å². The zero-order chi connectivity index (χ0) is 11.9. The summed E-state index contributed by atoms with van der Waals surface area (Å²) < 4.78 is 0. The number of rotatable bonds is 8. The van der Waals surface area contributed by atoms with Crippen LogP contribution in [0.2, 0.25) is 0 Å². The summed E-state index contributed by atoms with van der Waals surface area (Å²) in [6, 6.07) is 0. The Labute approximate surface area is 141 Å². The van der Waals surface area contributed by atoms with Gasteiger partial charge in [-0.2, -0.15) is 0 Å². The second-order valence-electron chi connectivity index (χ2n) is 3.86. The molecule has 0 heterocycles. The van der Waals surface area contributed by atoms with E-state index in [2.05, 4.69) is 36.4 Å². The van der Waals surface area contributed by atoms with Gasteiger partial charge in [0.25, 0.3) is 0 Å². The molecule has 0 aliphatic rings. The molecular weight excluding hydrogens is 258 g/mol. The monoisotopic (exact) mass is 313 g/mol. The lowest BCUT2D eigenvalue weighted by molar-refractivity contribution is 0.329. The first-order valence-electron chi connectivity index (χ1n) is 6.20. The lowest BCUT2D eigenvalue weighted by atomic mass is 10.3. The number of hydrogen-bond donors (Lipinski definition) is 2. The van der Waals surface area contributed by atoms with Crippen molar-refractivity contribution in [1.82, 2.24) is 15.5 Å². The fraction of sp³-hybridized carbons (Fsp3) is 1.00. The van der Waals surface area contributed by atoms with Crippen LogP contribution in [0.1, 0.15) is 77.7 Å². The predicted molar refractivity (Wildman–Crippen MR) is 111 cm³/mol. The Kier molecular flexibility index (Phi) is 119. The number of nitrogens with one attached hydrogen (secondary N) is 2. The van der Waals surface area contributed by atoms with E-state index in [4.69, 9.17) is 0 Å². The third kappa shape index (κ3) is 65.1. The highest BCUT2D eigenvalue weighted by Crippen LogP contribution is 1.87. The van der Waals surface area contributed by atoms with Crippen LogP contribution >= 0.6 is 0 Å². The van der Waals surface area contributed by atoms with E-state index in [9.17, 15) is 0 Å². The molecule has 2 N–H and O–H groups in total. The van der Waals surface area contributed by atoms with E-state index in [1.54, 1.807) is 0 Å². The molecule has 0 saturated carbocycles. The highest BCUT2D eigenvalue weighted by atomic mass is 15.1. The van der Waals surface area contributed by atoms with Gasteiger partial charge >= 0.3 is 0 Å². The van der Waals surface area contributed by atoms with Gasteiger partial charge in [0.15, 0.2) is 0 Å². The van der Waals surface area contributed by atoms with Crippen LogP contribution in [0.15, 0.2) is 0 Å². The van der Waals surface area contributed by atoms with Gasteiger partial charge in [0.1, 0.15) is 0 Å². The third-order valence-electron chi connectivity index (χ3n) is 2.07. The summed E-state index contributed by atoms with van der Waals surface area (Å²) in [7, 11) is 6.14. The molecule has 0 bridgehead atoms. The molecule has 0 unspecified atom stereocenters. The molecule has 142 valence electrons. The molecule has 0 spiro atoms. The van der Waals surface area contributed by atoms with Gasteiger partial charge in [-0.05, 0) is 66.6 Å². The Morgan fingerprint density at radius 2 is 1.10 bits per heavy atom. The highest BCUT2D eigenvalue weighted by Gasteiger charge is 1.93. The smallest absolute Gasteiger partial charge is 0.000969 e. The molecule has 0 rings (SSSR count). The van der Waals surface area contributed by atoms with E-state index in [0.717, 1.165) is 13.1 Å². The minimum absolute atomic E-state index is 0. The average Bonchev–Trinajstić information content (AvgIpc) is 2.21. The first-order valence-corrected chi connectivity index (χ1v) is 6.20. The van der Waals surface area contributed by atoms with Gasteiger partial charge in [-0.3, -0.25) is 0 Å². The van der Waals surface area contributed by atoms with Gasteiger partial charge in [-0.15, -0.1) is 0 Å². The van der Waals surface area contributed by atoms with Crippen LogP contribution in [0.4, 0.5) is 0 Å². The third-order valence-corrected chi connectivity index (χ3v) is 2.07. The quantitative estimate of drug-likeness (QED) is 0.590. The topological polar surface area (TPSA) is 27.3 Å². The van der Waals surface area contributed by atoms with Crippen LogP contribution in [0, 0.1) is 0 Å². The van der Waals surface area contributed by atoms with E-state index in [0.29, 0.717) is 0 Å². The zero-order valence-corrected chi connectivity index (χ0v) is 11.4. The molecule has 0 atom stereocenters. The SMILES string of the molecule is C.C.C.C.C.C.CCCN(C)CCCNC.CCCNC. The first kappa shape index (κ1) is 49.7. The molecule has 21 heavy (non-hydrogen) atoms. The maximum absolute atomic E-state index is 3.14. The van der Waals surface area contributed by atoms with Crippen molar-refractivity contribution in [3.8, 4) is 0 Å². The Bertz CT molecular complexity index is 96.5. The van der Waals surface area contributed by atoms with Crippen LogP contribution in [-0.4, -0.2) is 52.2 Å².